The summed E-state index contributed by atoms with van der Waals surface area (Å²) in [6.07, 6.45) is 0. The molecule has 0 radical (unpaired) electrons. The summed E-state index contributed by atoms with van der Waals surface area (Å²) in [4.78, 5) is 12.1. The zero-order chi connectivity index (χ0) is 14.0. The highest BCUT2D eigenvalue weighted by molar-refractivity contribution is 6.05. The molecule has 0 atom stereocenters. The zero-order valence-electron chi connectivity index (χ0n) is 11.3. The predicted octanol–water partition coefficient (Wildman–Crippen LogP) is 2.38. The molecule has 100 valence electrons. The van der Waals surface area contributed by atoms with Crippen molar-refractivity contribution >= 4 is 17.4 Å². The number of nitrogen functional groups attached to an aromatic ring is 1. The Hall–Kier alpha value is -2.30. The van der Waals surface area contributed by atoms with Crippen LogP contribution in [0.1, 0.15) is 35.8 Å². The summed E-state index contributed by atoms with van der Waals surface area (Å²) in [5.41, 5.74) is 7.95. The summed E-state index contributed by atoms with van der Waals surface area (Å²) in [6.45, 7) is 4.03. The van der Waals surface area contributed by atoms with E-state index in [4.69, 9.17) is 5.73 Å². The van der Waals surface area contributed by atoms with E-state index in [0.29, 0.717) is 17.1 Å². The monoisotopic (exact) mass is 258 g/mol. The molecule has 0 fully saturated rings. The van der Waals surface area contributed by atoms with Gasteiger partial charge in [0.1, 0.15) is 11.5 Å². The predicted molar refractivity (Wildman–Crippen MR) is 76.1 cm³/mol. The minimum Gasteiger partial charge on any atom is -0.382 e. The third kappa shape index (κ3) is 2.59. The number of carbonyl (C=O) groups is 1. The number of nitrogens with two attached hydrogens (primary N) is 1. The van der Waals surface area contributed by atoms with Gasteiger partial charge in [0.05, 0.1) is 5.69 Å². The number of rotatable bonds is 3. The maximum Gasteiger partial charge on any atom is 0.255 e. The van der Waals surface area contributed by atoms with Gasteiger partial charge in [0.15, 0.2) is 0 Å². The zero-order valence-corrected chi connectivity index (χ0v) is 11.3. The number of aryl methyl sites for hydroxylation is 1. The maximum absolute atomic E-state index is 12.1. The Morgan fingerprint density at radius 1 is 1.32 bits per heavy atom. The smallest absolute Gasteiger partial charge is 0.255 e. The van der Waals surface area contributed by atoms with E-state index in [0.717, 1.165) is 5.69 Å². The molecule has 0 aliphatic heterocycles. The lowest BCUT2D eigenvalue weighted by Gasteiger charge is -2.08. The molecule has 0 spiro atoms. The first-order chi connectivity index (χ1) is 9.00. The molecule has 3 N–H and O–H groups in total. The number of carbonyl (C=O) groups excluding carboxylic acids is 1. The molecule has 0 saturated carbocycles. The maximum atomic E-state index is 12.1. The summed E-state index contributed by atoms with van der Waals surface area (Å²) < 4.78 is 1.58. The summed E-state index contributed by atoms with van der Waals surface area (Å²) in [6, 6.07) is 9.04. The Kier molecular flexibility index (Phi) is 3.55. The minimum atomic E-state index is -0.179. The summed E-state index contributed by atoms with van der Waals surface area (Å²) in [7, 11) is 1.76. The van der Waals surface area contributed by atoms with Crippen LogP contribution in [-0.2, 0) is 7.05 Å². The molecule has 1 aromatic carbocycles. The minimum absolute atomic E-state index is 0.179. The van der Waals surface area contributed by atoms with E-state index in [1.165, 1.54) is 0 Å². The van der Waals surface area contributed by atoms with E-state index in [2.05, 4.69) is 10.4 Å². The summed E-state index contributed by atoms with van der Waals surface area (Å²) >= 11 is 0. The summed E-state index contributed by atoms with van der Waals surface area (Å²) in [5.74, 6) is 0.477. The van der Waals surface area contributed by atoms with Crippen LogP contribution >= 0.6 is 0 Å². The Morgan fingerprint density at radius 2 is 1.95 bits per heavy atom. The molecule has 0 unspecified atom stereocenters. The van der Waals surface area contributed by atoms with E-state index < -0.39 is 0 Å². The number of anilines is 2. The quantitative estimate of drug-likeness (QED) is 0.887. The Morgan fingerprint density at radius 3 is 2.53 bits per heavy atom. The SMILES string of the molecule is CC(C)c1nn(C)c(N)c1NC(=O)c1ccccc1. The van der Waals surface area contributed by atoms with Gasteiger partial charge < -0.3 is 11.1 Å². The first-order valence-electron chi connectivity index (χ1n) is 6.19. The standard InChI is InChI=1S/C14H18N4O/c1-9(2)11-12(13(15)18(3)17-11)16-14(19)10-7-5-4-6-8-10/h4-9H,15H2,1-3H3,(H,16,19). The number of amides is 1. The van der Waals surface area contributed by atoms with Gasteiger partial charge >= 0.3 is 0 Å². The molecular weight excluding hydrogens is 240 g/mol. The van der Waals surface area contributed by atoms with Crippen molar-refractivity contribution in [3.05, 3.63) is 41.6 Å². The second kappa shape index (κ2) is 5.14. The van der Waals surface area contributed by atoms with Gasteiger partial charge in [-0.15, -0.1) is 0 Å². The second-order valence-electron chi connectivity index (χ2n) is 4.74. The number of hydrogen-bond donors (Lipinski definition) is 2. The van der Waals surface area contributed by atoms with Crippen LogP contribution in [0.5, 0.6) is 0 Å². The van der Waals surface area contributed by atoms with Crippen molar-refractivity contribution in [2.24, 2.45) is 7.05 Å². The van der Waals surface area contributed by atoms with Gasteiger partial charge in [0.2, 0.25) is 0 Å². The average Bonchev–Trinajstić information content (AvgIpc) is 2.68. The third-order valence-corrected chi connectivity index (χ3v) is 2.94. The number of nitrogens with one attached hydrogen (secondary N) is 1. The van der Waals surface area contributed by atoms with Crippen molar-refractivity contribution < 1.29 is 4.79 Å². The van der Waals surface area contributed by atoms with Gasteiger partial charge in [-0.25, -0.2) is 0 Å². The van der Waals surface area contributed by atoms with Gasteiger partial charge in [-0.3, -0.25) is 9.48 Å². The van der Waals surface area contributed by atoms with Crippen molar-refractivity contribution in [3.8, 4) is 0 Å². The van der Waals surface area contributed by atoms with Crippen LogP contribution < -0.4 is 11.1 Å². The molecule has 1 aromatic heterocycles. The van der Waals surface area contributed by atoms with E-state index in [9.17, 15) is 4.79 Å². The Labute approximate surface area is 112 Å². The number of benzene rings is 1. The first-order valence-corrected chi connectivity index (χ1v) is 6.19. The average molecular weight is 258 g/mol. The van der Waals surface area contributed by atoms with Crippen LogP contribution in [0.2, 0.25) is 0 Å². The van der Waals surface area contributed by atoms with E-state index in [1.54, 1.807) is 23.9 Å². The van der Waals surface area contributed by atoms with Gasteiger partial charge in [-0.1, -0.05) is 32.0 Å². The second-order valence-corrected chi connectivity index (χ2v) is 4.74. The summed E-state index contributed by atoms with van der Waals surface area (Å²) in [5, 5.41) is 7.18. The van der Waals surface area contributed by atoms with Crippen molar-refractivity contribution in [1.29, 1.82) is 0 Å². The number of aromatic nitrogens is 2. The Bertz CT molecular complexity index is 587. The molecule has 0 aliphatic carbocycles. The molecule has 2 rings (SSSR count). The molecule has 5 nitrogen and oxygen atoms in total. The molecule has 1 heterocycles. The van der Waals surface area contributed by atoms with Crippen LogP contribution in [0.3, 0.4) is 0 Å². The fraction of sp³-hybridized carbons (Fsp3) is 0.286. The van der Waals surface area contributed by atoms with Gasteiger partial charge in [0, 0.05) is 12.6 Å². The first kappa shape index (κ1) is 13.1. The van der Waals surface area contributed by atoms with E-state index >= 15 is 0 Å². The molecule has 0 bridgehead atoms. The lowest BCUT2D eigenvalue weighted by atomic mass is 10.1. The van der Waals surface area contributed by atoms with E-state index in [1.807, 2.05) is 32.0 Å². The lowest BCUT2D eigenvalue weighted by Crippen LogP contribution is -2.14. The van der Waals surface area contributed by atoms with Crippen molar-refractivity contribution in [3.63, 3.8) is 0 Å². The van der Waals surface area contributed by atoms with Crippen molar-refractivity contribution in [2.45, 2.75) is 19.8 Å². The molecule has 5 heteroatoms. The molecular formula is C14H18N4O. The lowest BCUT2D eigenvalue weighted by molar-refractivity contribution is 0.102. The van der Waals surface area contributed by atoms with Crippen molar-refractivity contribution in [2.75, 3.05) is 11.1 Å². The number of nitrogens with zero attached hydrogens (tertiary/aromatic N) is 2. The highest BCUT2D eigenvalue weighted by Crippen LogP contribution is 2.28. The highest BCUT2D eigenvalue weighted by atomic mass is 16.1. The van der Waals surface area contributed by atoms with Gasteiger partial charge in [0.25, 0.3) is 5.91 Å². The highest BCUT2D eigenvalue weighted by Gasteiger charge is 2.19. The topological polar surface area (TPSA) is 72.9 Å². The van der Waals surface area contributed by atoms with Crippen LogP contribution in [0.15, 0.2) is 30.3 Å². The third-order valence-electron chi connectivity index (χ3n) is 2.94. The molecule has 0 aliphatic rings. The van der Waals surface area contributed by atoms with Gasteiger partial charge in [-0.05, 0) is 18.1 Å². The van der Waals surface area contributed by atoms with Crippen LogP contribution in [-0.4, -0.2) is 15.7 Å². The molecule has 0 saturated heterocycles. The van der Waals surface area contributed by atoms with Crippen LogP contribution in [0, 0.1) is 0 Å². The van der Waals surface area contributed by atoms with Crippen molar-refractivity contribution in [1.82, 2.24) is 9.78 Å². The van der Waals surface area contributed by atoms with Crippen LogP contribution in [0.25, 0.3) is 0 Å². The van der Waals surface area contributed by atoms with E-state index in [-0.39, 0.29) is 11.8 Å². The fourth-order valence-electron chi connectivity index (χ4n) is 1.87. The number of hydrogen-bond acceptors (Lipinski definition) is 3. The normalized spacial score (nSPS) is 10.7. The molecule has 2 aromatic rings. The van der Waals surface area contributed by atoms with Crippen LogP contribution in [0.4, 0.5) is 11.5 Å². The fourth-order valence-corrected chi connectivity index (χ4v) is 1.87. The molecule has 1 amide bonds. The largest absolute Gasteiger partial charge is 0.382 e. The van der Waals surface area contributed by atoms with Gasteiger partial charge in [-0.2, -0.15) is 5.10 Å². The molecule has 19 heavy (non-hydrogen) atoms. The Balaban J connectivity index is 2.31.